The summed E-state index contributed by atoms with van der Waals surface area (Å²) in [5.74, 6) is -1.61. The molecule has 4 nitrogen and oxygen atoms in total. The third-order valence-corrected chi connectivity index (χ3v) is 5.92. The molecule has 0 heterocycles. The van der Waals surface area contributed by atoms with Crippen molar-refractivity contribution in [3.05, 3.63) is 35.4 Å². The first kappa shape index (κ1) is 19.8. The van der Waals surface area contributed by atoms with Crippen LogP contribution in [0.25, 0.3) is 0 Å². The van der Waals surface area contributed by atoms with Gasteiger partial charge in [-0.05, 0) is 30.4 Å². The van der Waals surface area contributed by atoms with Gasteiger partial charge < -0.3 is 5.32 Å². The van der Waals surface area contributed by atoms with E-state index in [1.54, 1.807) is 0 Å². The minimum Gasteiger partial charge on any atom is -0.352 e. The minimum absolute atomic E-state index is 0.0219. The molecule has 25 heavy (non-hydrogen) atoms. The van der Waals surface area contributed by atoms with Gasteiger partial charge >= 0.3 is 6.18 Å². The fourth-order valence-corrected chi connectivity index (χ4v) is 4.39. The summed E-state index contributed by atoms with van der Waals surface area (Å²) < 4.78 is 62.4. The Kier molecular flexibility index (Phi) is 6.13. The molecule has 1 aromatic carbocycles. The second kappa shape index (κ2) is 7.76. The second-order valence-electron chi connectivity index (χ2n) is 6.67. The average Bonchev–Trinajstić information content (AvgIpc) is 2.48. The molecule has 1 aliphatic carbocycles. The maximum atomic E-state index is 12.7. The number of sulfone groups is 1. The van der Waals surface area contributed by atoms with Crippen LogP contribution in [0.1, 0.15) is 43.7 Å². The van der Waals surface area contributed by atoms with E-state index in [9.17, 15) is 26.4 Å². The number of hydrogen-bond donors (Lipinski definition) is 1. The van der Waals surface area contributed by atoms with Gasteiger partial charge in [-0.2, -0.15) is 13.2 Å². The summed E-state index contributed by atoms with van der Waals surface area (Å²) in [7, 11) is -3.84. The molecule has 1 N–H and O–H groups in total. The Morgan fingerprint density at radius 3 is 2.56 bits per heavy atom. The summed E-state index contributed by atoms with van der Waals surface area (Å²) in [5.41, 5.74) is -0.880. The van der Waals surface area contributed by atoms with Crippen LogP contribution in [0.3, 0.4) is 0 Å². The number of rotatable bonds is 5. The van der Waals surface area contributed by atoms with Gasteiger partial charge in [0, 0.05) is 6.04 Å². The van der Waals surface area contributed by atoms with E-state index in [2.05, 4.69) is 5.32 Å². The lowest BCUT2D eigenvalue weighted by atomic mass is 9.86. The fourth-order valence-electron chi connectivity index (χ4n) is 3.12. The topological polar surface area (TPSA) is 63.2 Å². The molecular weight excluding hydrogens is 355 g/mol. The van der Waals surface area contributed by atoms with Crippen LogP contribution in [-0.4, -0.2) is 26.1 Å². The normalized spacial score (nSPS) is 21.8. The lowest BCUT2D eigenvalue weighted by molar-refractivity contribution is -0.137. The van der Waals surface area contributed by atoms with Crippen LogP contribution in [0, 0.1) is 5.92 Å². The molecule has 2 rings (SSSR count). The molecule has 1 aromatic rings. The molecule has 2 unspecified atom stereocenters. The molecule has 140 valence electrons. The van der Waals surface area contributed by atoms with E-state index in [-0.39, 0.29) is 11.6 Å². The summed E-state index contributed by atoms with van der Waals surface area (Å²) in [6, 6.07) is 4.13. The zero-order valence-electron chi connectivity index (χ0n) is 14.0. The van der Waals surface area contributed by atoms with Crippen LogP contribution in [0.15, 0.2) is 24.3 Å². The van der Waals surface area contributed by atoms with Crippen molar-refractivity contribution in [1.29, 1.82) is 0 Å². The molecule has 0 saturated heterocycles. The van der Waals surface area contributed by atoms with Gasteiger partial charge in [0.25, 0.3) is 0 Å². The van der Waals surface area contributed by atoms with E-state index in [4.69, 9.17) is 0 Å². The van der Waals surface area contributed by atoms with Gasteiger partial charge in [-0.25, -0.2) is 8.42 Å². The molecule has 0 bridgehead atoms. The number of alkyl halides is 3. The lowest BCUT2D eigenvalue weighted by Gasteiger charge is -2.29. The lowest BCUT2D eigenvalue weighted by Crippen LogP contribution is -2.43. The van der Waals surface area contributed by atoms with Gasteiger partial charge in [-0.1, -0.05) is 38.0 Å². The Hall–Kier alpha value is -1.57. The van der Waals surface area contributed by atoms with Gasteiger partial charge in [-0.3, -0.25) is 4.79 Å². The zero-order chi connectivity index (χ0) is 18.7. The summed E-state index contributed by atoms with van der Waals surface area (Å²) in [5, 5.41) is 2.75. The molecule has 0 spiro atoms. The van der Waals surface area contributed by atoms with Crippen LogP contribution in [0.4, 0.5) is 13.2 Å². The highest BCUT2D eigenvalue weighted by molar-refractivity contribution is 7.91. The third-order valence-electron chi connectivity index (χ3n) is 4.45. The first-order chi connectivity index (χ1) is 11.6. The van der Waals surface area contributed by atoms with Crippen molar-refractivity contribution in [2.45, 2.75) is 50.6 Å². The molecule has 0 aliphatic heterocycles. The van der Waals surface area contributed by atoms with Crippen molar-refractivity contribution >= 4 is 15.7 Å². The molecule has 1 amide bonds. The Bertz CT molecular complexity index is 716. The number of hydrogen-bond acceptors (Lipinski definition) is 3. The number of nitrogens with one attached hydrogen (secondary N) is 1. The monoisotopic (exact) mass is 377 g/mol. The molecule has 8 heteroatoms. The number of carbonyl (C=O) groups excluding carboxylic acids is 1. The van der Waals surface area contributed by atoms with E-state index in [1.165, 1.54) is 6.07 Å². The van der Waals surface area contributed by atoms with Crippen LogP contribution >= 0.6 is 0 Å². The number of benzene rings is 1. The maximum absolute atomic E-state index is 12.7. The maximum Gasteiger partial charge on any atom is 0.416 e. The molecule has 0 radical (unpaired) electrons. The molecule has 2 atom stereocenters. The number of halogens is 3. The predicted octanol–water partition coefficient (Wildman–Crippen LogP) is 3.32. The van der Waals surface area contributed by atoms with Gasteiger partial charge in [0.05, 0.1) is 11.3 Å². The summed E-state index contributed by atoms with van der Waals surface area (Å²) in [6.07, 6.45) is -0.634. The van der Waals surface area contributed by atoms with Gasteiger partial charge in [0.15, 0.2) is 9.84 Å². The molecule has 1 aliphatic rings. The molecule has 1 saturated carbocycles. The van der Waals surface area contributed by atoms with Gasteiger partial charge in [0.2, 0.25) is 5.91 Å². The highest BCUT2D eigenvalue weighted by atomic mass is 32.2. The number of amides is 1. The van der Waals surface area contributed by atoms with Crippen molar-refractivity contribution in [3.8, 4) is 0 Å². The SMILES string of the molecule is CC1CCCCC1NC(=O)CS(=O)(=O)Cc1cccc(C(F)(F)F)c1. The van der Waals surface area contributed by atoms with Crippen molar-refractivity contribution in [1.82, 2.24) is 5.32 Å². The van der Waals surface area contributed by atoms with E-state index in [1.807, 2.05) is 6.92 Å². The summed E-state index contributed by atoms with van der Waals surface area (Å²) in [6.45, 7) is 2.02. The van der Waals surface area contributed by atoms with Crippen molar-refractivity contribution in [3.63, 3.8) is 0 Å². The fraction of sp³-hybridized carbons (Fsp3) is 0.588. The first-order valence-corrected chi connectivity index (χ1v) is 10.0. The average molecular weight is 377 g/mol. The second-order valence-corrected chi connectivity index (χ2v) is 8.73. The zero-order valence-corrected chi connectivity index (χ0v) is 14.8. The van der Waals surface area contributed by atoms with Crippen molar-refractivity contribution < 1.29 is 26.4 Å². The molecule has 1 fully saturated rings. The van der Waals surface area contributed by atoms with E-state index >= 15 is 0 Å². The van der Waals surface area contributed by atoms with Gasteiger partial charge in [-0.15, -0.1) is 0 Å². The Morgan fingerprint density at radius 1 is 1.24 bits per heavy atom. The van der Waals surface area contributed by atoms with Crippen molar-refractivity contribution in [2.24, 2.45) is 5.92 Å². The quantitative estimate of drug-likeness (QED) is 0.856. The summed E-state index contributed by atoms with van der Waals surface area (Å²) in [4.78, 5) is 12.0. The highest BCUT2D eigenvalue weighted by Gasteiger charge is 2.31. The van der Waals surface area contributed by atoms with Crippen LogP contribution in [0.2, 0.25) is 0 Å². The van der Waals surface area contributed by atoms with E-state index in [0.29, 0.717) is 5.92 Å². The van der Waals surface area contributed by atoms with E-state index in [0.717, 1.165) is 43.9 Å². The Balaban J connectivity index is 1.98. The molecular formula is C17H22F3NO3S. The van der Waals surface area contributed by atoms with Crippen molar-refractivity contribution in [2.75, 3.05) is 5.75 Å². The van der Waals surface area contributed by atoms with Gasteiger partial charge in [0.1, 0.15) is 5.75 Å². The predicted molar refractivity (Wildman–Crippen MR) is 88.5 cm³/mol. The van der Waals surface area contributed by atoms with E-state index < -0.39 is 39.0 Å². The largest absolute Gasteiger partial charge is 0.416 e. The van der Waals surface area contributed by atoms with Crippen LogP contribution in [0.5, 0.6) is 0 Å². The number of carbonyl (C=O) groups is 1. The minimum atomic E-state index is -4.53. The van der Waals surface area contributed by atoms with Crippen LogP contribution in [-0.2, 0) is 26.6 Å². The Labute approximate surface area is 145 Å². The van der Waals surface area contributed by atoms with Crippen LogP contribution < -0.4 is 5.32 Å². The Morgan fingerprint density at radius 2 is 1.92 bits per heavy atom. The molecule has 0 aromatic heterocycles. The summed E-state index contributed by atoms with van der Waals surface area (Å²) >= 11 is 0. The smallest absolute Gasteiger partial charge is 0.352 e. The standard InChI is InChI=1S/C17H22F3NO3S/c1-12-5-2-3-8-15(12)21-16(22)11-25(23,24)10-13-6-4-7-14(9-13)17(18,19)20/h4,6-7,9,12,15H,2-3,5,8,10-11H2,1H3,(H,21,22). The first-order valence-electron chi connectivity index (χ1n) is 8.23. The highest BCUT2D eigenvalue weighted by Crippen LogP contribution is 2.30. The third kappa shape index (κ3) is 6.02.